The van der Waals surface area contributed by atoms with E-state index in [2.05, 4.69) is 19.2 Å². The van der Waals surface area contributed by atoms with Crippen LogP contribution in [0.5, 0.6) is 0 Å². The maximum absolute atomic E-state index is 4.17. The average molecular weight is 168 g/mol. The lowest BCUT2D eigenvalue weighted by molar-refractivity contribution is 0.409. The maximum atomic E-state index is 4.17. The molecule has 0 aromatic heterocycles. The van der Waals surface area contributed by atoms with Crippen LogP contribution < -0.4 is 0 Å². The summed E-state index contributed by atoms with van der Waals surface area (Å²) >= 11 is 4.17. The van der Waals surface area contributed by atoms with Crippen molar-refractivity contribution in [1.29, 1.82) is 0 Å². The molecule has 11 heavy (non-hydrogen) atoms. The normalized spacial score (nSPS) is 21.7. The van der Waals surface area contributed by atoms with Crippen molar-refractivity contribution in [1.82, 2.24) is 0 Å². The predicted octanol–water partition coefficient (Wildman–Crippen LogP) is 3.57. The summed E-state index contributed by atoms with van der Waals surface area (Å²) < 4.78 is 0. The van der Waals surface area contributed by atoms with Gasteiger partial charge in [0.25, 0.3) is 0 Å². The van der Waals surface area contributed by atoms with Gasteiger partial charge < -0.3 is 0 Å². The van der Waals surface area contributed by atoms with Crippen molar-refractivity contribution >= 4 is 12.6 Å². The van der Waals surface area contributed by atoms with Gasteiger partial charge in [0, 0.05) is 0 Å². The van der Waals surface area contributed by atoms with Crippen LogP contribution in [0.4, 0.5) is 0 Å². The van der Waals surface area contributed by atoms with Crippen LogP contribution >= 0.6 is 12.6 Å². The Hall–Kier alpha value is -0.170. The first-order chi connectivity index (χ1) is 5.38. The molecule has 0 radical (unpaired) electrons. The maximum Gasteiger partial charge on any atom is -0.0157 e. The molecule has 1 aliphatic carbocycles. The van der Waals surface area contributed by atoms with Gasteiger partial charge in [-0.05, 0) is 29.7 Å². The molecule has 0 aromatic rings. The van der Waals surface area contributed by atoms with Gasteiger partial charge in [0.15, 0.2) is 0 Å². The van der Waals surface area contributed by atoms with E-state index >= 15 is 0 Å². The first kappa shape index (κ1) is 8.92. The molecule has 0 aliphatic heterocycles. The Morgan fingerprint density at radius 1 is 1.27 bits per heavy atom. The highest BCUT2D eigenvalue weighted by Crippen LogP contribution is 2.30. The number of allylic oxidation sites excluding steroid dienone is 2. The predicted molar refractivity (Wildman–Crippen MR) is 53.8 cm³/mol. The Balaban J connectivity index is 2.49. The Labute approximate surface area is 74.8 Å². The van der Waals surface area contributed by atoms with E-state index in [0.29, 0.717) is 0 Å². The van der Waals surface area contributed by atoms with Gasteiger partial charge >= 0.3 is 0 Å². The number of hydrogen-bond acceptors (Lipinski definition) is 1. The molecular weight excluding hydrogens is 152 g/mol. The van der Waals surface area contributed by atoms with Crippen molar-refractivity contribution in [2.75, 3.05) is 0 Å². The summed E-state index contributed by atoms with van der Waals surface area (Å²) in [6, 6.07) is 0. The van der Waals surface area contributed by atoms with Crippen LogP contribution in [-0.4, -0.2) is 0 Å². The Morgan fingerprint density at radius 3 is 2.36 bits per heavy atom. The molecule has 0 spiro atoms. The van der Waals surface area contributed by atoms with Gasteiger partial charge in [-0.15, -0.1) is 0 Å². The highest BCUT2D eigenvalue weighted by atomic mass is 32.1. The Kier molecular flexibility index (Phi) is 3.78. The van der Waals surface area contributed by atoms with Crippen LogP contribution in [0.3, 0.4) is 0 Å². The molecule has 0 aromatic carbocycles. The minimum absolute atomic E-state index is 0.749. The van der Waals surface area contributed by atoms with Crippen LogP contribution in [0, 0.1) is 5.92 Å². The fourth-order valence-corrected chi connectivity index (χ4v) is 2.08. The summed E-state index contributed by atoms with van der Waals surface area (Å²) in [6.45, 7) is 3.79. The van der Waals surface area contributed by atoms with Crippen LogP contribution in [-0.2, 0) is 0 Å². The van der Waals surface area contributed by atoms with Gasteiger partial charge in [0.2, 0.25) is 0 Å². The van der Waals surface area contributed by atoms with E-state index in [1.165, 1.54) is 37.7 Å². The number of hydrogen-bond donors (Lipinski definition) is 1. The molecule has 0 bridgehead atoms. The summed E-state index contributed by atoms with van der Waals surface area (Å²) in [7, 11) is 0. The molecule has 0 saturated heterocycles. The number of rotatable bonds is 2. The number of thiol groups is 1. The second kappa shape index (κ2) is 4.66. The zero-order chi connectivity index (χ0) is 8.10. The lowest BCUT2D eigenvalue weighted by Gasteiger charge is -2.22. The van der Waals surface area contributed by atoms with Crippen molar-refractivity contribution in [3.05, 3.63) is 23.6 Å². The van der Waals surface area contributed by atoms with E-state index in [1.807, 2.05) is 11.5 Å². The second-order valence-electron chi connectivity index (χ2n) is 3.17. The average Bonchev–Trinajstić information content (AvgIpc) is 2.09. The summed E-state index contributed by atoms with van der Waals surface area (Å²) in [4.78, 5) is 0. The standard InChI is InChI=1S/C10H16S/c1-2-9(8-11)10-6-4-3-5-7-10/h2,8,10-11H,1,3-7H2/b9-8+. The summed E-state index contributed by atoms with van der Waals surface area (Å²) in [5.41, 5.74) is 1.33. The van der Waals surface area contributed by atoms with Crippen molar-refractivity contribution in [3.63, 3.8) is 0 Å². The van der Waals surface area contributed by atoms with Crippen LogP contribution in [0.25, 0.3) is 0 Å². The molecule has 1 saturated carbocycles. The lowest BCUT2D eigenvalue weighted by atomic mass is 9.84. The summed E-state index contributed by atoms with van der Waals surface area (Å²) in [6.07, 6.45) is 8.78. The van der Waals surface area contributed by atoms with E-state index in [9.17, 15) is 0 Å². The molecule has 0 heterocycles. The van der Waals surface area contributed by atoms with E-state index in [-0.39, 0.29) is 0 Å². The molecule has 1 aliphatic rings. The highest BCUT2D eigenvalue weighted by molar-refractivity contribution is 7.83. The summed E-state index contributed by atoms with van der Waals surface area (Å²) in [5, 5.41) is 1.91. The zero-order valence-corrected chi connectivity index (χ0v) is 7.82. The van der Waals surface area contributed by atoms with Crippen molar-refractivity contribution in [2.45, 2.75) is 32.1 Å². The quantitative estimate of drug-likeness (QED) is 0.473. The third-order valence-corrected chi connectivity index (χ3v) is 2.76. The fourth-order valence-electron chi connectivity index (χ4n) is 1.76. The van der Waals surface area contributed by atoms with E-state index in [0.717, 1.165) is 5.92 Å². The van der Waals surface area contributed by atoms with E-state index in [4.69, 9.17) is 0 Å². The molecule has 0 nitrogen and oxygen atoms in total. The third-order valence-electron chi connectivity index (χ3n) is 2.46. The molecule has 0 atom stereocenters. The van der Waals surface area contributed by atoms with Crippen molar-refractivity contribution < 1.29 is 0 Å². The second-order valence-corrected chi connectivity index (χ2v) is 3.43. The molecular formula is C10H16S. The first-order valence-corrected chi connectivity index (χ1v) is 4.87. The smallest absolute Gasteiger partial charge is 0.0157 e. The molecule has 0 amide bonds. The topological polar surface area (TPSA) is 0 Å². The third kappa shape index (κ3) is 2.41. The Bertz CT molecular complexity index is 152. The largest absolute Gasteiger partial charge is 0.151 e. The van der Waals surface area contributed by atoms with Gasteiger partial charge in [-0.25, -0.2) is 0 Å². The van der Waals surface area contributed by atoms with Crippen molar-refractivity contribution in [2.24, 2.45) is 5.92 Å². The molecule has 1 fully saturated rings. The van der Waals surface area contributed by atoms with E-state index < -0.39 is 0 Å². The minimum atomic E-state index is 0.749. The van der Waals surface area contributed by atoms with Gasteiger partial charge in [0.05, 0.1) is 0 Å². The van der Waals surface area contributed by atoms with Crippen LogP contribution in [0.2, 0.25) is 0 Å². The van der Waals surface area contributed by atoms with Gasteiger partial charge in [-0.3, -0.25) is 0 Å². The monoisotopic (exact) mass is 168 g/mol. The van der Waals surface area contributed by atoms with Gasteiger partial charge in [-0.2, -0.15) is 12.6 Å². The molecule has 1 heteroatoms. The summed E-state index contributed by atoms with van der Waals surface area (Å²) in [5.74, 6) is 0.749. The zero-order valence-electron chi connectivity index (χ0n) is 6.92. The molecule has 1 rings (SSSR count). The van der Waals surface area contributed by atoms with Gasteiger partial charge in [-0.1, -0.05) is 31.9 Å². The molecule has 0 N–H and O–H groups in total. The SMILES string of the molecule is C=C/C(=C\S)C1CCCCC1. The van der Waals surface area contributed by atoms with Crippen LogP contribution in [0.15, 0.2) is 23.6 Å². The first-order valence-electron chi connectivity index (χ1n) is 4.35. The fraction of sp³-hybridized carbons (Fsp3) is 0.600. The van der Waals surface area contributed by atoms with Gasteiger partial charge in [0.1, 0.15) is 0 Å². The lowest BCUT2D eigenvalue weighted by Crippen LogP contribution is -2.07. The molecule has 0 unspecified atom stereocenters. The van der Waals surface area contributed by atoms with Crippen LogP contribution in [0.1, 0.15) is 32.1 Å². The van der Waals surface area contributed by atoms with E-state index in [1.54, 1.807) is 0 Å². The molecule has 62 valence electrons. The Morgan fingerprint density at radius 2 is 1.91 bits per heavy atom. The van der Waals surface area contributed by atoms with Crippen molar-refractivity contribution in [3.8, 4) is 0 Å². The highest BCUT2D eigenvalue weighted by Gasteiger charge is 2.14. The minimum Gasteiger partial charge on any atom is -0.151 e.